The molecule has 0 radical (unpaired) electrons. The van der Waals surface area contributed by atoms with E-state index < -0.39 is 0 Å². The zero-order valence-corrected chi connectivity index (χ0v) is 12.4. The predicted molar refractivity (Wildman–Crippen MR) is 81.6 cm³/mol. The molecule has 0 saturated carbocycles. The molecule has 0 bridgehead atoms. The van der Waals surface area contributed by atoms with Crippen LogP contribution in [0.4, 0.5) is 0 Å². The minimum absolute atomic E-state index is 0.0308. The zero-order chi connectivity index (χ0) is 14.0. The van der Waals surface area contributed by atoms with Crippen molar-refractivity contribution in [2.24, 2.45) is 11.7 Å². The molecule has 1 aromatic carbocycles. The number of halogens is 1. The van der Waals surface area contributed by atoms with Gasteiger partial charge in [0, 0.05) is 29.6 Å². The van der Waals surface area contributed by atoms with Crippen LogP contribution < -0.4 is 5.73 Å². The van der Waals surface area contributed by atoms with Crippen LogP contribution in [0.1, 0.15) is 28.8 Å². The lowest BCUT2D eigenvalue weighted by Crippen LogP contribution is -2.41. The van der Waals surface area contributed by atoms with Gasteiger partial charge in [-0.1, -0.05) is 29.9 Å². The summed E-state index contributed by atoms with van der Waals surface area (Å²) < 4.78 is 0. The maximum Gasteiger partial charge on any atom is 0.253 e. The Labute approximate surface area is 123 Å². The van der Waals surface area contributed by atoms with E-state index in [-0.39, 0.29) is 11.8 Å². The summed E-state index contributed by atoms with van der Waals surface area (Å²) in [4.78, 5) is 14.7. The number of amides is 1. The molecule has 1 saturated heterocycles. The lowest BCUT2D eigenvalue weighted by molar-refractivity contribution is 0.0710. The van der Waals surface area contributed by atoms with Gasteiger partial charge in [-0.25, -0.2) is 0 Å². The fourth-order valence-corrected chi connectivity index (χ4v) is 2.69. The van der Waals surface area contributed by atoms with Crippen LogP contribution in [0.25, 0.3) is 0 Å². The van der Waals surface area contributed by atoms with Gasteiger partial charge in [0.05, 0.1) is 4.99 Å². The van der Waals surface area contributed by atoms with E-state index in [1.54, 1.807) is 6.07 Å². The lowest BCUT2D eigenvalue weighted by atomic mass is 9.96. The van der Waals surface area contributed by atoms with Crippen molar-refractivity contribution in [2.45, 2.75) is 19.8 Å². The Morgan fingerprint density at radius 2 is 2.05 bits per heavy atom. The van der Waals surface area contributed by atoms with Gasteiger partial charge in [0.15, 0.2) is 0 Å². The summed E-state index contributed by atoms with van der Waals surface area (Å²) in [6, 6.07) is 5.43. The van der Waals surface area contributed by atoms with E-state index in [9.17, 15) is 4.79 Å². The average Bonchev–Trinajstić information content (AvgIpc) is 2.41. The Morgan fingerprint density at radius 1 is 1.42 bits per heavy atom. The summed E-state index contributed by atoms with van der Waals surface area (Å²) in [5.41, 5.74) is 7.27. The number of benzene rings is 1. The van der Waals surface area contributed by atoms with Crippen molar-refractivity contribution in [3.05, 3.63) is 34.3 Å². The molecule has 1 aliphatic heterocycles. The molecule has 1 amide bonds. The van der Waals surface area contributed by atoms with Gasteiger partial charge < -0.3 is 10.6 Å². The molecule has 2 N–H and O–H groups in total. The van der Waals surface area contributed by atoms with E-state index in [0.717, 1.165) is 18.4 Å². The number of carbonyl (C=O) groups is 1. The van der Waals surface area contributed by atoms with E-state index in [2.05, 4.69) is 0 Å². The van der Waals surface area contributed by atoms with Crippen molar-refractivity contribution in [3.63, 3.8) is 0 Å². The molecule has 0 aromatic heterocycles. The van der Waals surface area contributed by atoms with E-state index >= 15 is 0 Å². The maximum absolute atomic E-state index is 12.3. The molecule has 102 valence electrons. The first-order valence-electron chi connectivity index (χ1n) is 6.34. The molecule has 1 aromatic rings. The van der Waals surface area contributed by atoms with E-state index in [1.165, 1.54) is 0 Å². The van der Waals surface area contributed by atoms with Crippen molar-refractivity contribution in [1.29, 1.82) is 0 Å². The number of nitrogens with two attached hydrogens (primary N) is 1. The van der Waals surface area contributed by atoms with Crippen LogP contribution in [0, 0.1) is 12.8 Å². The molecule has 1 aliphatic rings. The van der Waals surface area contributed by atoms with Gasteiger partial charge in [-0.3, -0.25) is 4.79 Å². The maximum atomic E-state index is 12.3. The van der Waals surface area contributed by atoms with Gasteiger partial charge in [-0.05, 0) is 37.5 Å². The number of carbonyl (C=O) groups excluding carboxylic acids is 1. The normalized spacial score (nSPS) is 16.4. The van der Waals surface area contributed by atoms with Crippen molar-refractivity contribution >= 4 is 34.7 Å². The molecule has 1 heterocycles. The molecule has 0 unspecified atom stereocenters. The fraction of sp³-hybridized carbons (Fsp3) is 0.429. The number of thiocarbonyl (C=S) groups is 1. The highest BCUT2D eigenvalue weighted by Gasteiger charge is 2.25. The highest BCUT2D eigenvalue weighted by molar-refractivity contribution is 7.80. The third kappa shape index (κ3) is 3.25. The monoisotopic (exact) mass is 296 g/mol. The molecular formula is C14H17ClN2OS. The third-order valence-electron chi connectivity index (χ3n) is 3.60. The van der Waals surface area contributed by atoms with Crippen molar-refractivity contribution < 1.29 is 4.79 Å². The second kappa shape index (κ2) is 5.88. The Morgan fingerprint density at radius 3 is 2.58 bits per heavy atom. The average molecular weight is 297 g/mol. The second-order valence-corrected chi connectivity index (χ2v) is 5.81. The summed E-state index contributed by atoms with van der Waals surface area (Å²) in [6.07, 6.45) is 1.70. The Bertz CT molecular complexity index is 510. The third-order valence-corrected chi connectivity index (χ3v) is 4.34. The topological polar surface area (TPSA) is 46.3 Å². The molecule has 2 rings (SSSR count). The SMILES string of the molecule is Cc1ccc(C(=O)N2CCC(C(N)=S)CC2)cc1Cl. The smallest absolute Gasteiger partial charge is 0.253 e. The minimum atomic E-state index is 0.0308. The van der Waals surface area contributed by atoms with Gasteiger partial charge in [0.25, 0.3) is 5.91 Å². The van der Waals surface area contributed by atoms with Crippen LogP contribution in [-0.2, 0) is 0 Å². The first-order valence-corrected chi connectivity index (χ1v) is 7.12. The zero-order valence-electron chi connectivity index (χ0n) is 10.9. The summed E-state index contributed by atoms with van der Waals surface area (Å²) in [5, 5.41) is 0.629. The van der Waals surface area contributed by atoms with Crippen molar-refractivity contribution in [1.82, 2.24) is 4.90 Å². The molecule has 0 spiro atoms. The number of likely N-dealkylation sites (tertiary alicyclic amines) is 1. The van der Waals surface area contributed by atoms with Gasteiger partial charge >= 0.3 is 0 Å². The van der Waals surface area contributed by atoms with Crippen LogP contribution in [0.2, 0.25) is 5.02 Å². The molecule has 0 atom stereocenters. The Hall–Kier alpha value is -1.13. The number of nitrogens with zero attached hydrogens (tertiary/aromatic N) is 1. The first kappa shape index (κ1) is 14.3. The summed E-state index contributed by atoms with van der Waals surface area (Å²) in [5.74, 6) is 0.295. The predicted octanol–water partition coefficient (Wildman–Crippen LogP) is 2.79. The number of hydrogen-bond donors (Lipinski definition) is 1. The molecule has 5 heteroatoms. The van der Waals surface area contributed by atoms with E-state index in [0.29, 0.717) is 28.7 Å². The van der Waals surface area contributed by atoms with Gasteiger partial charge in [-0.2, -0.15) is 0 Å². The Balaban J connectivity index is 2.05. The second-order valence-electron chi connectivity index (χ2n) is 4.93. The standard InChI is InChI=1S/C14H17ClN2OS/c1-9-2-3-11(8-12(9)15)14(18)17-6-4-10(5-7-17)13(16)19/h2-3,8,10H,4-7H2,1H3,(H2,16,19). The first-order chi connectivity index (χ1) is 8.99. The van der Waals surface area contributed by atoms with Gasteiger partial charge in [0.2, 0.25) is 0 Å². The summed E-state index contributed by atoms with van der Waals surface area (Å²) >= 11 is 11.1. The van der Waals surface area contributed by atoms with Crippen LogP contribution in [0.3, 0.4) is 0 Å². The van der Waals surface area contributed by atoms with Gasteiger partial charge in [-0.15, -0.1) is 0 Å². The molecule has 3 nitrogen and oxygen atoms in total. The lowest BCUT2D eigenvalue weighted by Gasteiger charge is -2.31. The molecule has 1 fully saturated rings. The van der Waals surface area contributed by atoms with Crippen LogP contribution in [0.15, 0.2) is 18.2 Å². The number of rotatable bonds is 2. The largest absolute Gasteiger partial charge is 0.393 e. The van der Waals surface area contributed by atoms with Crippen molar-refractivity contribution in [3.8, 4) is 0 Å². The summed E-state index contributed by atoms with van der Waals surface area (Å²) in [7, 11) is 0. The van der Waals surface area contributed by atoms with Crippen molar-refractivity contribution in [2.75, 3.05) is 13.1 Å². The number of hydrogen-bond acceptors (Lipinski definition) is 2. The van der Waals surface area contributed by atoms with Crippen LogP contribution >= 0.6 is 23.8 Å². The quantitative estimate of drug-likeness (QED) is 0.854. The highest BCUT2D eigenvalue weighted by atomic mass is 35.5. The van der Waals surface area contributed by atoms with Crippen LogP contribution in [0.5, 0.6) is 0 Å². The fourth-order valence-electron chi connectivity index (χ4n) is 2.28. The minimum Gasteiger partial charge on any atom is -0.393 e. The highest BCUT2D eigenvalue weighted by Crippen LogP contribution is 2.22. The molecular weight excluding hydrogens is 280 g/mol. The molecule has 0 aliphatic carbocycles. The van der Waals surface area contributed by atoms with Gasteiger partial charge in [0.1, 0.15) is 0 Å². The summed E-state index contributed by atoms with van der Waals surface area (Å²) in [6.45, 7) is 3.32. The molecule has 19 heavy (non-hydrogen) atoms. The number of aryl methyl sites for hydroxylation is 1. The van der Waals surface area contributed by atoms with Crippen LogP contribution in [-0.4, -0.2) is 28.9 Å². The Kier molecular flexibility index (Phi) is 4.42. The van der Waals surface area contributed by atoms with E-state index in [4.69, 9.17) is 29.6 Å². The number of piperidine rings is 1. The van der Waals surface area contributed by atoms with E-state index in [1.807, 2.05) is 24.0 Å².